The molecule has 1 fully saturated rings. The maximum atomic E-state index is 10.6. The van der Waals surface area contributed by atoms with Gasteiger partial charge in [-0.05, 0) is 35.8 Å². The lowest BCUT2D eigenvalue weighted by Gasteiger charge is -2.20. The fourth-order valence-electron chi connectivity index (χ4n) is 3.07. The molecule has 0 radical (unpaired) electrons. The van der Waals surface area contributed by atoms with Gasteiger partial charge in [0.1, 0.15) is 0 Å². The average molecular weight is 261 g/mol. The number of hydrogen-bond donors (Lipinski definition) is 1. The van der Waals surface area contributed by atoms with Gasteiger partial charge in [-0.3, -0.25) is 0 Å². The van der Waals surface area contributed by atoms with E-state index < -0.39 is 0 Å². The van der Waals surface area contributed by atoms with E-state index >= 15 is 0 Å². The van der Waals surface area contributed by atoms with E-state index in [1.54, 1.807) is 0 Å². The Balaban J connectivity index is 2.08. The fraction of sp³-hybridized carbons (Fsp3) is 0.375. The van der Waals surface area contributed by atoms with Gasteiger partial charge in [-0.15, -0.1) is 0 Å². The Bertz CT molecular complexity index is 558. The van der Waals surface area contributed by atoms with Crippen molar-refractivity contribution in [3.8, 4) is 0 Å². The molecule has 0 saturated heterocycles. The van der Waals surface area contributed by atoms with Gasteiger partial charge in [-0.1, -0.05) is 54.8 Å². The van der Waals surface area contributed by atoms with Crippen molar-refractivity contribution in [3.05, 3.63) is 47.0 Å². The monoisotopic (exact) mass is 260 g/mol. The summed E-state index contributed by atoms with van der Waals surface area (Å²) >= 11 is 6.21. The molecule has 3 rings (SSSR count). The van der Waals surface area contributed by atoms with Crippen molar-refractivity contribution in [3.63, 3.8) is 0 Å². The Morgan fingerprint density at radius 2 is 1.67 bits per heavy atom. The molecule has 1 atom stereocenters. The predicted molar refractivity (Wildman–Crippen MR) is 75.9 cm³/mol. The predicted octanol–water partition coefficient (Wildman–Crippen LogP) is 4.72. The van der Waals surface area contributed by atoms with Crippen molar-refractivity contribution in [2.45, 2.75) is 31.8 Å². The van der Waals surface area contributed by atoms with E-state index in [1.165, 1.54) is 12.8 Å². The number of aliphatic hydroxyl groups is 1. The van der Waals surface area contributed by atoms with Crippen LogP contribution >= 0.6 is 11.6 Å². The summed E-state index contributed by atoms with van der Waals surface area (Å²) in [6.45, 7) is 0. The van der Waals surface area contributed by atoms with Crippen LogP contribution in [-0.2, 0) is 0 Å². The van der Waals surface area contributed by atoms with Crippen LogP contribution in [0.2, 0.25) is 5.02 Å². The van der Waals surface area contributed by atoms with Crippen LogP contribution < -0.4 is 0 Å². The minimum Gasteiger partial charge on any atom is -0.388 e. The van der Waals surface area contributed by atoms with Gasteiger partial charge in [-0.25, -0.2) is 0 Å². The molecule has 2 heteroatoms. The van der Waals surface area contributed by atoms with Crippen LogP contribution in [0.5, 0.6) is 0 Å². The molecule has 1 aliphatic rings. The highest BCUT2D eigenvalue weighted by Crippen LogP contribution is 2.39. The van der Waals surface area contributed by atoms with Crippen molar-refractivity contribution < 1.29 is 5.11 Å². The van der Waals surface area contributed by atoms with E-state index in [9.17, 15) is 5.11 Å². The van der Waals surface area contributed by atoms with Gasteiger partial charge in [-0.2, -0.15) is 0 Å². The molecule has 0 spiro atoms. The highest BCUT2D eigenvalue weighted by Gasteiger charge is 2.25. The molecule has 94 valence electrons. The van der Waals surface area contributed by atoms with E-state index in [2.05, 4.69) is 6.07 Å². The first-order valence-corrected chi connectivity index (χ1v) is 7.00. The van der Waals surface area contributed by atoms with Crippen molar-refractivity contribution in [2.75, 3.05) is 0 Å². The summed E-state index contributed by atoms with van der Waals surface area (Å²) in [7, 11) is 0. The van der Waals surface area contributed by atoms with E-state index in [4.69, 9.17) is 11.6 Å². The van der Waals surface area contributed by atoms with Crippen LogP contribution in [-0.4, -0.2) is 5.11 Å². The number of benzene rings is 2. The number of fused-ring (bicyclic) bond motifs is 1. The highest BCUT2D eigenvalue weighted by atomic mass is 35.5. The molecule has 0 aromatic heterocycles. The van der Waals surface area contributed by atoms with E-state index in [1.807, 2.05) is 30.3 Å². The molecule has 2 aromatic rings. The van der Waals surface area contributed by atoms with Crippen LogP contribution in [0.4, 0.5) is 0 Å². The molecule has 0 heterocycles. The van der Waals surface area contributed by atoms with Gasteiger partial charge in [0.15, 0.2) is 0 Å². The second-order valence-electron chi connectivity index (χ2n) is 5.17. The maximum Gasteiger partial charge on any atom is 0.0824 e. The zero-order valence-electron chi connectivity index (χ0n) is 10.3. The van der Waals surface area contributed by atoms with E-state index in [0.29, 0.717) is 5.92 Å². The Morgan fingerprint density at radius 1 is 1.00 bits per heavy atom. The van der Waals surface area contributed by atoms with Gasteiger partial charge in [0.2, 0.25) is 0 Å². The minimum atomic E-state index is -0.352. The fourth-order valence-corrected chi connectivity index (χ4v) is 3.30. The Kier molecular flexibility index (Phi) is 3.27. The van der Waals surface area contributed by atoms with Crippen LogP contribution in [0.25, 0.3) is 10.8 Å². The number of aliphatic hydroxyl groups excluding tert-OH is 1. The van der Waals surface area contributed by atoms with Crippen molar-refractivity contribution in [1.82, 2.24) is 0 Å². The molecule has 0 bridgehead atoms. The van der Waals surface area contributed by atoms with Gasteiger partial charge in [0.25, 0.3) is 0 Å². The average Bonchev–Trinajstić information content (AvgIpc) is 2.93. The minimum absolute atomic E-state index is 0.352. The van der Waals surface area contributed by atoms with Crippen molar-refractivity contribution in [1.29, 1.82) is 0 Å². The molecule has 1 saturated carbocycles. The second-order valence-corrected chi connectivity index (χ2v) is 5.58. The summed E-state index contributed by atoms with van der Waals surface area (Å²) in [5, 5.41) is 13.4. The zero-order chi connectivity index (χ0) is 12.5. The van der Waals surface area contributed by atoms with Crippen molar-refractivity contribution >= 4 is 22.4 Å². The molecule has 0 aliphatic heterocycles. The lowest BCUT2D eigenvalue weighted by atomic mass is 9.91. The highest BCUT2D eigenvalue weighted by molar-refractivity contribution is 6.35. The second kappa shape index (κ2) is 4.91. The van der Waals surface area contributed by atoms with Crippen LogP contribution in [0, 0.1) is 5.92 Å². The Hall–Kier alpha value is -1.05. The van der Waals surface area contributed by atoms with E-state index in [0.717, 1.165) is 34.2 Å². The third kappa shape index (κ3) is 2.02. The van der Waals surface area contributed by atoms with Gasteiger partial charge in [0.05, 0.1) is 6.10 Å². The number of halogens is 1. The molecule has 1 N–H and O–H groups in total. The first-order valence-electron chi connectivity index (χ1n) is 6.62. The molecular weight excluding hydrogens is 244 g/mol. The standard InChI is InChI=1S/C16H17ClO/c17-15-10-9-14(12-7-3-4-8-13(12)15)16(18)11-5-1-2-6-11/h3-4,7-11,16,18H,1-2,5-6H2. The third-order valence-corrected chi connectivity index (χ3v) is 4.40. The number of hydrogen-bond acceptors (Lipinski definition) is 1. The summed E-state index contributed by atoms with van der Waals surface area (Å²) in [6, 6.07) is 11.9. The van der Waals surface area contributed by atoms with Crippen LogP contribution in [0.15, 0.2) is 36.4 Å². The smallest absolute Gasteiger partial charge is 0.0824 e. The third-order valence-electron chi connectivity index (χ3n) is 4.07. The maximum absolute atomic E-state index is 10.6. The van der Waals surface area contributed by atoms with Gasteiger partial charge >= 0.3 is 0 Å². The summed E-state index contributed by atoms with van der Waals surface area (Å²) < 4.78 is 0. The number of rotatable bonds is 2. The first kappa shape index (κ1) is 12.0. The zero-order valence-corrected chi connectivity index (χ0v) is 11.0. The quantitative estimate of drug-likeness (QED) is 0.829. The molecule has 0 amide bonds. The van der Waals surface area contributed by atoms with Gasteiger partial charge < -0.3 is 5.11 Å². The normalized spacial score (nSPS) is 18.3. The SMILES string of the molecule is OC(c1ccc(Cl)c2ccccc12)C1CCCC1. The lowest BCUT2D eigenvalue weighted by Crippen LogP contribution is -2.09. The molecular formula is C16H17ClO. The molecule has 1 aliphatic carbocycles. The van der Waals surface area contributed by atoms with Crippen molar-refractivity contribution in [2.24, 2.45) is 5.92 Å². The van der Waals surface area contributed by atoms with Gasteiger partial charge in [0, 0.05) is 10.4 Å². The van der Waals surface area contributed by atoms with Crippen LogP contribution in [0.3, 0.4) is 0 Å². The topological polar surface area (TPSA) is 20.2 Å². The molecule has 1 nitrogen and oxygen atoms in total. The molecule has 18 heavy (non-hydrogen) atoms. The summed E-state index contributed by atoms with van der Waals surface area (Å²) in [6.07, 6.45) is 4.41. The Labute approximate surface area is 112 Å². The largest absolute Gasteiger partial charge is 0.388 e. The lowest BCUT2D eigenvalue weighted by molar-refractivity contribution is 0.113. The Morgan fingerprint density at radius 3 is 2.39 bits per heavy atom. The summed E-state index contributed by atoms with van der Waals surface area (Å²) in [5.41, 5.74) is 1.03. The first-order chi connectivity index (χ1) is 8.77. The molecule has 2 aromatic carbocycles. The summed E-state index contributed by atoms with van der Waals surface area (Å²) in [5.74, 6) is 0.412. The summed E-state index contributed by atoms with van der Waals surface area (Å²) in [4.78, 5) is 0. The van der Waals surface area contributed by atoms with Crippen LogP contribution in [0.1, 0.15) is 37.4 Å². The molecule has 1 unspecified atom stereocenters. The van der Waals surface area contributed by atoms with E-state index in [-0.39, 0.29) is 6.10 Å².